The van der Waals surface area contributed by atoms with Crippen LogP contribution in [-0.4, -0.2) is 11.7 Å². The van der Waals surface area contributed by atoms with Crippen molar-refractivity contribution in [2.75, 3.05) is 5.32 Å². The molecular formula is C20H11F4NO2S. The SMILES string of the molecule is O=C1Nc2scc(-c3ccc(C(F)(F)F)cc3)c2C(=O)C1(F)c1ccccc1. The number of benzene rings is 2. The minimum absolute atomic E-state index is 0.0456. The summed E-state index contributed by atoms with van der Waals surface area (Å²) in [6.07, 6.45) is -4.49. The zero-order valence-corrected chi connectivity index (χ0v) is 14.8. The maximum Gasteiger partial charge on any atom is 0.416 e. The number of nitrogens with one attached hydrogen (secondary N) is 1. The third-order valence-corrected chi connectivity index (χ3v) is 5.46. The highest BCUT2D eigenvalue weighted by molar-refractivity contribution is 7.15. The molecule has 0 bridgehead atoms. The van der Waals surface area contributed by atoms with Gasteiger partial charge < -0.3 is 5.32 Å². The van der Waals surface area contributed by atoms with Crippen molar-refractivity contribution in [3.63, 3.8) is 0 Å². The summed E-state index contributed by atoms with van der Waals surface area (Å²) in [6, 6.07) is 11.6. The highest BCUT2D eigenvalue weighted by Gasteiger charge is 2.53. The van der Waals surface area contributed by atoms with Gasteiger partial charge >= 0.3 is 6.18 Å². The first-order chi connectivity index (χ1) is 13.2. The molecular weight excluding hydrogens is 394 g/mol. The Morgan fingerprint density at radius 1 is 0.929 bits per heavy atom. The van der Waals surface area contributed by atoms with Crippen molar-refractivity contribution in [3.05, 3.63) is 76.7 Å². The molecule has 142 valence electrons. The Hall–Kier alpha value is -3.00. The third kappa shape index (κ3) is 2.72. The number of thiophene rings is 1. The van der Waals surface area contributed by atoms with Gasteiger partial charge in [0.15, 0.2) is 0 Å². The molecule has 0 saturated carbocycles. The number of rotatable bonds is 2. The van der Waals surface area contributed by atoms with E-state index in [9.17, 15) is 22.8 Å². The monoisotopic (exact) mass is 405 g/mol. The van der Waals surface area contributed by atoms with Gasteiger partial charge in [0.25, 0.3) is 11.6 Å². The number of anilines is 1. The highest BCUT2D eigenvalue weighted by Crippen LogP contribution is 2.45. The molecule has 4 rings (SSSR count). The number of carbonyl (C=O) groups is 2. The van der Waals surface area contributed by atoms with Crippen LogP contribution in [0, 0.1) is 0 Å². The van der Waals surface area contributed by atoms with E-state index in [1.54, 1.807) is 6.07 Å². The smallest absolute Gasteiger partial charge is 0.314 e. The molecule has 0 radical (unpaired) electrons. The summed E-state index contributed by atoms with van der Waals surface area (Å²) in [7, 11) is 0. The fourth-order valence-corrected chi connectivity index (χ4v) is 4.08. The molecule has 1 unspecified atom stereocenters. The number of fused-ring (bicyclic) bond motifs is 1. The van der Waals surface area contributed by atoms with Gasteiger partial charge in [0, 0.05) is 16.5 Å². The quantitative estimate of drug-likeness (QED) is 0.456. The van der Waals surface area contributed by atoms with E-state index in [2.05, 4.69) is 5.32 Å². The Labute approximate surface area is 160 Å². The van der Waals surface area contributed by atoms with Crippen molar-refractivity contribution in [1.29, 1.82) is 0 Å². The Morgan fingerprint density at radius 3 is 2.18 bits per heavy atom. The van der Waals surface area contributed by atoms with E-state index in [4.69, 9.17) is 0 Å². The average molecular weight is 405 g/mol. The van der Waals surface area contributed by atoms with E-state index >= 15 is 4.39 Å². The first kappa shape index (κ1) is 18.4. The molecule has 8 heteroatoms. The lowest BCUT2D eigenvalue weighted by Crippen LogP contribution is -2.47. The molecule has 3 nitrogen and oxygen atoms in total. The number of carbonyl (C=O) groups excluding carboxylic acids is 2. The van der Waals surface area contributed by atoms with Gasteiger partial charge in [-0.15, -0.1) is 11.3 Å². The van der Waals surface area contributed by atoms with Crippen molar-refractivity contribution in [3.8, 4) is 11.1 Å². The summed E-state index contributed by atoms with van der Waals surface area (Å²) < 4.78 is 54.0. The fraction of sp³-hybridized carbons (Fsp3) is 0.100. The molecule has 0 aliphatic carbocycles. The van der Waals surface area contributed by atoms with Gasteiger partial charge in [-0.3, -0.25) is 9.59 Å². The maximum absolute atomic E-state index is 15.7. The van der Waals surface area contributed by atoms with E-state index in [0.29, 0.717) is 5.56 Å². The molecule has 3 aromatic rings. The van der Waals surface area contributed by atoms with Gasteiger partial charge in [-0.05, 0) is 17.7 Å². The highest BCUT2D eigenvalue weighted by atomic mass is 32.1. The summed E-state index contributed by atoms with van der Waals surface area (Å²) >= 11 is 1.02. The third-order valence-electron chi connectivity index (χ3n) is 4.57. The largest absolute Gasteiger partial charge is 0.416 e. The Balaban J connectivity index is 1.81. The first-order valence-corrected chi connectivity index (χ1v) is 9.00. The number of Topliss-reactive ketones (excluding diaryl/α,β-unsaturated/α-hetero) is 1. The van der Waals surface area contributed by atoms with Crippen LogP contribution in [0.4, 0.5) is 22.6 Å². The van der Waals surface area contributed by atoms with Gasteiger partial charge in [-0.25, -0.2) is 4.39 Å². The van der Waals surface area contributed by atoms with Crippen molar-refractivity contribution < 1.29 is 27.2 Å². The first-order valence-electron chi connectivity index (χ1n) is 8.12. The molecule has 2 aromatic carbocycles. The number of hydrogen-bond acceptors (Lipinski definition) is 3. The van der Waals surface area contributed by atoms with Crippen molar-refractivity contribution >= 4 is 28.0 Å². The number of halogens is 4. The molecule has 1 aliphatic heterocycles. The second-order valence-electron chi connectivity index (χ2n) is 6.24. The minimum atomic E-state index is -4.49. The maximum atomic E-state index is 15.7. The van der Waals surface area contributed by atoms with Crippen molar-refractivity contribution in [2.45, 2.75) is 11.8 Å². The van der Waals surface area contributed by atoms with Crippen LogP contribution in [0.25, 0.3) is 11.1 Å². The Bertz CT molecular complexity index is 1070. The molecule has 1 aliphatic rings. The normalized spacial score (nSPS) is 19.3. The molecule has 28 heavy (non-hydrogen) atoms. The van der Waals surface area contributed by atoms with Gasteiger partial charge in [0.2, 0.25) is 5.78 Å². The molecule has 1 N–H and O–H groups in total. The van der Waals surface area contributed by atoms with Crippen LogP contribution in [0.3, 0.4) is 0 Å². The van der Waals surface area contributed by atoms with E-state index in [1.807, 2.05) is 0 Å². The van der Waals surface area contributed by atoms with Crippen LogP contribution in [0.5, 0.6) is 0 Å². The number of ketones is 1. The molecule has 0 spiro atoms. The minimum Gasteiger partial charge on any atom is -0.314 e. The average Bonchev–Trinajstić information content (AvgIpc) is 3.10. The zero-order valence-electron chi connectivity index (χ0n) is 14.0. The van der Waals surface area contributed by atoms with Crippen LogP contribution < -0.4 is 5.32 Å². The predicted molar refractivity (Wildman–Crippen MR) is 96.9 cm³/mol. The lowest BCUT2D eigenvalue weighted by Gasteiger charge is -2.28. The lowest BCUT2D eigenvalue weighted by atomic mass is 9.83. The van der Waals surface area contributed by atoms with E-state index in [-0.39, 0.29) is 21.7 Å². The number of alkyl halides is 4. The van der Waals surface area contributed by atoms with Crippen LogP contribution in [0.15, 0.2) is 60.0 Å². The molecule has 1 amide bonds. The zero-order chi connectivity index (χ0) is 20.1. The Morgan fingerprint density at radius 2 is 1.57 bits per heavy atom. The van der Waals surface area contributed by atoms with Crippen LogP contribution in [-0.2, 0) is 16.6 Å². The van der Waals surface area contributed by atoms with Crippen molar-refractivity contribution in [1.82, 2.24) is 0 Å². The van der Waals surface area contributed by atoms with E-state index in [1.165, 1.54) is 41.8 Å². The van der Waals surface area contributed by atoms with Crippen molar-refractivity contribution in [2.24, 2.45) is 0 Å². The van der Waals surface area contributed by atoms with E-state index < -0.39 is 29.1 Å². The molecule has 2 heterocycles. The topological polar surface area (TPSA) is 46.2 Å². The standard InChI is InChI=1S/C20H11F4NO2S/c21-19(12-4-2-1-3-5-12)16(26)15-14(10-28-17(15)25-18(19)27)11-6-8-13(9-7-11)20(22,23)24/h1-10H,(H,25,27). The molecule has 1 atom stereocenters. The molecule has 1 aromatic heterocycles. The number of amides is 1. The summed E-state index contributed by atoms with van der Waals surface area (Å²) in [4.78, 5) is 25.4. The van der Waals surface area contributed by atoms with Gasteiger partial charge in [0.1, 0.15) is 5.00 Å². The van der Waals surface area contributed by atoms with Crippen LogP contribution in [0.1, 0.15) is 21.5 Å². The lowest BCUT2D eigenvalue weighted by molar-refractivity contribution is -0.137. The second-order valence-corrected chi connectivity index (χ2v) is 7.12. The Kier molecular flexibility index (Phi) is 4.11. The summed E-state index contributed by atoms with van der Waals surface area (Å²) in [5.41, 5.74) is -3.29. The summed E-state index contributed by atoms with van der Waals surface area (Å²) in [6.45, 7) is 0. The predicted octanol–water partition coefficient (Wildman–Crippen LogP) is 5.43. The van der Waals surface area contributed by atoms with Gasteiger partial charge in [-0.1, -0.05) is 42.5 Å². The second kappa shape index (κ2) is 6.27. The summed E-state index contributed by atoms with van der Waals surface area (Å²) in [5, 5.41) is 4.10. The molecule has 0 saturated heterocycles. The molecule has 0 fully saturated rings. The van der Waals surface area contributed by atoms with Crippen LogP contribution in [0.2, 0.25) is 0 Å². The van der Waals surface area contributed by atoms with Crippen LogP contribution >= 0.6 is 11.3 Å². The van der Waals surface area contributed by atoms with Gasteiger partial charge in [0.05, 0.1) is 11.1 Å². The summed E-state index contributed by atoms with van der Waals surface area (Å²) in [5.74, 6) is -2.12. The van der Waals surface area contributed by atoms with E-state index in [0.717, 1.165) is 23.5 Å². The number of hydrogen-bond donors (Lipinski definition) is 1. The van der Waals surface area contributed by atoms with Gasteiger partial charge in [-0.2, -0.15) is 13.2 Å². The fourth-order valence-electron chi connectivity index (χ4n) is 3.12.